The highest BCUT2D eigenvalue weighted by molar-refractivity contribution is 4.78. The largest absolute Gasteiger partial charge is 0.381 e. The van der Waals surface area contributed by atoms with E-state index in [4.69, 9.17) is 10.00 Å². The molecule has 80 valence electrons. The Bertz CT molecular complexity index is 182. The predicted molar refractivity (Wildman–Crippen MR) is 55.9 cm³/mol. The van der Waals surface area contributed by atoms with Crippen molar-refractivity contribution in [3.8, 4) is 6.07 Å². The third kappa shape index (κ3) is 4.08. The van der Waals surface area contributed by atoms with Crippen LogP contribution in [0.25, 0.3) is 0 Å². The van der Waals surface area contributed by atoms with Crippen molar-refractivity contribution in [2.24, 2.45) is 5.92 Å². The summed E-state index contributed by atoms with van der Waals surface area (Å²) in [7, 11) is 0. The van der Waals surface area contributed by atoms with Crippen molar-refractivity contribution < 1.29 is 4.74 Å². The van der Waals surface area contributed by atoms with Crippen LogP contribution in [0, 0.1) is 17.2 Å². The minimum absolute atomic E-state index is 0.575. The van der Waals surface area contributed by atoms with Gasteiger partial charge in [0.05, 0.1) is 12.6 Å². The fourth-order valence-corrected chi connectivity index (χ4v) is 1.95. The fourth-order valence-electron chi connectivity index (χ4n) is 1.95. The first-order valence-electron chi connectivity index (χ1n) is 5.54. The molecular formula is C11H20N2O. The van der Waals surface area contributed by atoms with E-state index in [0.29, 0.717) is 6.54 Å². The summed E-state index contributed by atoms with van der Waals surface area (Å²) >= 11 is 0. The molecule has 0 aromatic carbocycles. The second-order valence-electron chi connectivity index (χ2n) is 3.95. The second kappa shape index (κ2) is 6.80. The normalized spacial score (nSPS) is 18.4. The molecule has 0 aromatic rings. The van der Waals surface area contributed by atoms with E-state index in [0.717, 1.165) is 51.5 Å². The van der Waals surface area contributed by atoms with Gasteiger partial charge in [0.15, 0.2) is 0 Å². The van der Waals surface area contributed by atoms with Crippen molar-refractivity contribution in [1.29, 1.82) is 5.26 Å². The van der Waals surface area contributed by atoms with E-state index in [9.17, 15) is 0 Å². The maximum Gasteiger partial charge on any atom is 0.0866 e. The Kier molecular flexibility index (Phi) is 5.58. The molecule has 0 aliphatic carbocycles. The summed E-state index contributed by atoms with van der Waals surface area (Å²) in [6.07, 6.45) is 3.45. The smallest absolute Gasteiger partial charge is 0.0866 e. The molecule has 1 fully saturated rings. The van der Waals surface area contributed by atoms with Crippen LogP contribution in [0.15, 0.2) is 0 Å². The first kappa shape index (κ1) is 11.5. The lowest BCUT2D eigenvalue weighted by Crippen LogP contribution is -2.33. The monoisotopic (exact) mass is 196 g/mol. The fraction of sp³-hybridized carbons (Fsp3) is 0.909. The molecule has 0 saturated carbocycles. The van der Waals surface area contributed by atoms with Crippen LogP contribution in [0.4, 0.5) is 0 Å². The first-order valence-corrected chi connectivity index (χ1v) is 5.54. The molecule has 0 atom stereocenters. The molecule has 3 nitrogen and oxygen atoms in total. The highest BCUT2D eigenvalue weighted by Gasteiger charge is 2.16. The molecule has 14 heavy (non-hydrogen) atoms. The number of hydrogen-bond donors (Lipinski definition) is 0. The molecule has 0 aromatic heterocycles. The molecule has 1 rings (SSSR count). The summed E-state index contributed by atoms with van der Waals surface area (Å²) < 4.78 is 5.32. The van der Waals surface area contributed by atoms with Gasteiger partial charge in [-0.15, -0.1) is 0 Å². The standard InChI is InChI=1S/C11H20N2O/c1-2-6-13(7-5-12)10-11-3-8-14-9-4-11/h11H,2-4,6-10H2,1H3. The molecule has 1 heterocycles. The van der Waals surface area contributed by atoms with Gasteiger partial charge in [-0.25, -0.2) is 0 Å². The maximum absolute atomic E-state index is 8.68. The van der Waals surface area contributed by atoms with Gasteiger partial charge in [-0.1, -0.05) is 6.92 Å². The van der Waals surface area contributed by atoms with Gasteiger partial charge in [-0.2, -0.15) is 5.26 Å². The van der Waals surface area contributed by atoms with Gasteiger partial charge in [0.25, 0.3) is 0 Å². The van der Waals surface area contributed by atoms with Crippen LogP contribution in [-0.2, 0) is 4.74 Å². The molecule has 0 N–H and O–H groups in total. The van der Waals surface area contributed by atoms with Gasteiger partial charge in [0.2, 0.25) is 0 Å². The van der Waals surface area contributed by atoms with Crippen LogP contribution >= 0.6 is 0 Å². The van der Waals surface area contributed by atoms with Crippen LogP contribution in [0.1, 0.15) is 26.2 Å². The highest BCUT2D eigenvalue weighted by atomic mass is 16.5. The Labute approximate surface area is 86.6 Å². The van der Waals surface area contributed by atoms with Crippen molar-refractivity contribution in [3.63, 3.8) is 0 Å². The van der Waals surface area contributed by atoms with Gasteiger partial charge in [0.1, 0.15) is 0 Å². The van der Waals surface area contributed by atoms with Crippen LogP contribution < -0.4 is 0 Å². The summed E-state index contributed by atoms with van der Waals surface area (Å²) in [4.78, 5) is 2.26. The van der Waals surface area contributed by atoms with E-state index in [1.165, 1.54) is 0 Å². The van der Waals surface area contributed by atoms with Crippen molar-refractivity contribution in [2.75, 3.05) is 32.8 Å². The van der Waals surface area contributed by atoms with E-state index >= 15 is 0 Å². The molecule has 1 aliphatic heterocycles. The van der Waals surface area contributed by atoms with E-state index < -0.39 is 0 Å². The van der Waals surface area contributed by atoms with E-state index in [1.807, 2.05) is 0 Å². The molecular weight excluding hydrogens is 176 g/mol. The average Bonchev–Trinajstić information content (AvgIpc) is 2.20. The predicted octanol–water partition coefficient (Wildman–Crippen LogP) is 1.65. The van der Waals surface area contributed by atoms with Crippen LogP contribution in [0.5, 0.6) is 0 Å². The average molecular weight is 196 g/mol. The van der Waals surface area contributed by atoms with Gasteiger partial charge < -0.3 is 4.74 Å². The minimum Gasteiger partial charge on any atom is -0.381 e. The summed E-state index contributed by atoms with van der Waals surface area (Å²) in [6.45, 7) is 6.66. The second-order valence-corrected chi connectivity index (χ2v) is 3.95. The molecule has 3 heteroatoms. The van der Waals surface area contributed by atoms with Gasteiger partial charge in [0, 0.05) is 19.8 Å². The number of rotatable bonds is 5. The van der Waals surface area contributed by atoms with Crippen molar-refractivity contribution in [3.05, 3.63) is 0 Å². The summed E-state index contributed by atoms with van der Waals surface area (Å²) in [5.74, 6) is 0.739. The van der Waals surface area contributed by atoms with Crippen LogP contribution in [-0.4, -0.2) is 37.7 Å². The Balaban J connectivity index is 2.26. The van der Waals surface area contributed by atoms with E-state index in [-0.39, 0.29) is 0 Å². The lowest BCUT2D eigenvalue weighted by atomic mass is 9.99. The Morgan fingerprint density at radius 1 is 1.43 bits per heavy atom. The molecule has 0 radical (unpaired) electrons. The molecule has 1 saturated heterocycles. The number of ether oxygens (including phenoxy) is 1. The summed E-state index contributed by atoms with van der Waals surface area (Å²) in [5, 5.41) is 8.68. The quantitative estimate of drug-likeness (QED) is 0.627. The Hall–Kier alpha value is -0.590. The lowest BCUT2D eigenvalue weighted by molar-refractivity contribution is 0.0542. The molecule has 0 bridgehead atoms. The Morgan fingerprint density at radius 3 is 2.71 bits per heavy atom. The minimum atomic E-state index is 0.575. The highest BCUT2D eigenvalue weighted by Crippen LogP contribution is 2.15. The maximum atomic E-state index is 8.68. The van der Waals surface area contributed by atoms with Crippen molar-refractivity contribution in [1.82, 2.24) is 4.90 Å². The third-order valence-electron chi connectivity index (χ3n) is 2.69. The molecule has 0 spiro atoms. The lowest BCUT2D eigenvalue weighted by Gasteiger charge is -2.27. The number of nitriles is 1. The van der Waals surface area contributed by atoms with Crippen LogP contribution in [0.2, 0.25) is 0 Å². The molecule has 0 amide bonds. The van der Waals surface area contributed by atoms with E-state index in [1.54, 1.807) is 0 Å². The Morgan fingerprint density at radius 2 is 2.14 bits per heavy atom. The molecule has 1 aliphatic rings. The van der Waals surface area contributed by atoms with E-state index in [2.05, 4.69) is 17.9 Å². The van der Waals surface area contributed by atoms with Gasteiger partial charge in [-0.3, -0.25) is 4.90 Å². The summed E-state index contributed by atoms with van der Waals surface area (Å²) in [6, 6.07) is 2.24. The third-order valence-corrected chi connectivity index (χ3v) is 2.69. The zero-order chi connectivity index (χ0) is 10.2. The topological polar surface area (TPSA) is 36.3 Å². The van der Waals surface area contributed by atoms with Crippen molar-refractivity contribution >= 4 is 0 Å². The zero-order valence-electron chi connectivity index (χ0n) is 9.04. The SMILES string of the molecule is CCCN(CC#N)CC1CCOCC1. The van der Waals surface area contributed by atoms with Crippen molar-refractivity contribution in [2.45, 2.75) is 26.2 Å². The number of hydrogen-bond acceptors (Lipinski definition) is 3. The van der Waals surface area contributed by atoms with Crippen LogP contribution in [0.3, 0.4) is 0 Å². The summed E-state index contributed by atoms with van der Waals surface area (Å²) in [5.41, 5.74) is 0. The molecule has 0 unspecified atom stereocenters. The van der Waals surface area contributed by atoms with Gasteiger partial charge in [-0.05, 0) is 31.7 Å². The van der Waals surface area contributed by atoms with Gasteiger partial charge >= 0.3 is 0 Å². The zero-order valence-corrected chi connectivity index (χ0v) is 9.04. The first-order chi connectivity index (χ1) is 6.86. The number of nitrogens with zero attached hydrogens (tertiary/aromatic N) is 2.